The molecule has 0 N–H and O–H groups in total. The zero-order valence-electron chi connectivity index (χ0n) is 11.1. The van der Waals surface area contributed by atoms with Gasteiger partial charge in [-0.2, -0.15) is 8.78 Å². The van der Waals surface area contributed by atoms with E-state index >= 15 is 0 Å². The maximum absolute atomic E-state index is 12.2. The van der Waals surface area contributed by atoms with Gasteiger partial charge >= 0.3 is 12.7 Å². The van der Waals surface area contributed by atoms with E-state index in [1.807, 2.05) is 0 Å². The third-order valence-electron chi connectivity index (χ3n) is 2.58. The smallest absolute Gasteiger partial charge is 0.410 e. The van der Waals surface area contributed by atoms with Crippen LogP contribution in [0.1, 0.15) is 40.0 Å². The summed E-state index contributed by atoms with van der Waals surface area (Å²) in [7, 11) is 0. The van der Waals surface area contributed by atoms with Gasteiger partial charge in [0.1, 0.15) is 5.60 Å². The van der Waals surface area contributed by atoms with Gasteiger partial charge in [-0.1, -0.05) is 0 Å². The number of hydrogen-bond acceptors (Lipinski definition) is 3. The second kappa shape index (κ2) is 6.31. The number of rotatable bonds is 2. The Hall–Kier alpha value is -0.910. The minimum absolute atomic E-state index is 0.166. The second-order valence-electron chi connectivity index (χ2n) is 5.44. The van der Waals surface area contributed by atoms with Crippen molar-refractivity contribution in [1.82, 2.24) is 4.90 Å². The molecule has 0 aliphatic carbocycles. The lowest BCUT2D eigenvalue weighted by Crippen LogP contribution is -2.41. The van der Waals surface area contributed by atoms with E-state index < -0.39 is 24.4 Å². The van der Waals surface area contributed by atoms with Crippen molar-refractivity contribution < 1.29 is 23.0 Å². The highest BCUT2D eigenvalue weighted by atomic mass is 19.3. The van der Waals surface area contributed by atoms with Gasteiger partial charge < -0.3 is 14.4 Å². The molecule has 4 nitrogen and oxygen atoms in total. The Balaban J connectivity index is 2.55. The Kier molecular flexibility index (Phi) is 5.31. The molecule has 0 bridgehead atoms. The summed E-state index contributed by atoms with van der Waals surface area (Å²) in [5.41, 5.74) is -0.581. The minimum Gasteiger partial charge on any atom is -0.444 e. The first-order chi connectivity index (χ1) is 8.28. The second-order valence-corrected chi connectivity index (χ2v) is 5.44. The number of ether oxygens (including phenoxy) is 2. The molecule has 0 aromatic heterocycles. The van der Waals surface area contributed by atoms with Gasteiger partial charge in [-0.05, 0) is 40.0 Å². The number of carbonyl (C=O) groups excluding carboxylic acids is 1. The molecule has 1 heterocycles. The number of carbonyl (C=O) groups is 1. The first-order valence-electron chi connectivity index (χ1n) is 6.19. The lowest BCUT2D eigenvalue weighted by Gasteiger charge is -2.28. The van der Waals surface area contributed by atoms with E-state index in [0.717, 1.165) is 12.8 Å². The molecule has 1 aliphatic heterocycles. The third kappa shape index (κ3) is 5.62. The van der Waals surface area contributed by atoms with Crippen LogP contribution in [0, 0.1) is 0 Å². The third-order valence-corrected chi connectivity index (χ3v) is 2.58. The van der Waals surface area contributed by atoms with Gasteiger partial charge in [0.05, 0.1) is 12.6 Å². The summed E-state index contributed by atoms with van der Waals surface area (Å²) in [5, 5.41) is 0. The molecule has 1 aliphatic rings. The number of alkyl halides is 2. The van der Waals surface area contributed by atoms with E-state index in [1.54, 1.807) is 20.8 Å². The standard InChI is InChI=1S/C12H21F2NO3/c1-12(2,3)18-11(16)15-7-5-4-6-9(8-15)17-10(13)14/h9-10H,4-8H2,1-3H3. The van der Waals surface area contributed by atoms with Gasteiger partial charge in [0, 0.05) is 6.54 Å². The summed E-state index contributed by atoms with van der Waals surface area (Å²) in [6.45, 7) is 3.22. The molecule has 1 fully saturated rings. The van der Waals surface area contributed by atoms with Crippen molar-refractivity contribution in [3.63, 3.8) is 0 Å². The van der Waals surface area contributed by atoms with E-state index in [1.165, 1.54) is 4.90 Å². The molecule has 18 heavy (non-hydrogen) atoms. The summed E-state index contributed by atoms with van der Waals surface area (Å²) in [6, 6.07) is 0. The van der Waals surface area contributed by atoms with E-state index in [4.69, 9.17) is 4.74 Å². The highest BCUT2D eigenvalue weighted by molar-refractivity contribution is 5.68. The van der Waals surface area contributed by atoms with Gasteiger partial charge in [0.15, 0.2) is 0 Å². The molecule has 0 aromatic carbocycles. The number of likely N-dealkylation sites (tertiary alicyclic amines) is 1. The highest BCUT2D eigenvalue weighted by Crippen LogP contribution is 2.18. The van der Waals surface area contributed by atoms with Gasteiger partial charge in [0.2, 0.25) is 0 Å². The zero-order chi connectivity index (χ0) is 13.8. The van der Waals surface area contributed by atoms with Crippen LogP contribution in [-0.2, 0) is 9.47 Å². The topological polar surface area (TPSA) is 38.8 Å². The van der Waals surface area contributed by atoms with Crippen LogP contribution >= 0.6 is 0 Å². The van der Waals surface area contributed by atoms with Gasteiger partial charge in [-0.3, -0.25) is 0 Å². The number of hydrogen-bond donors (Lipinski definition) is 0. The maximum Gasteiger partial charge on any atom is 0.410 e. The fraction of sp³-hybridized carbons (Fsp3) is 0.917. The predicted octanol–water partition coefficient (Wildman–Crippen LogP) is 3.02. The van der Waals surface area contributed by atoms with Crippen molar-refractivity contribution in [3.8, 4) is 0 Å². The molecule has 1 rings (SSSR count). The summed E-state index contributed by atoms with van der Waals surface area (Å²) < 4.78 is 34.1. The summed E-state index contributed by atoms with van der Waals surface area (Å²) >= 11 is 0. The summed E-state index contributed by atoms with van der Waals surface area (Å²) in [4.78, 5) is 13.3. The predicted molar refractivity (Wildman–Crippen MR) is 62.5 cm³/mol. The largest absolute Gasteiger partial charge is 0.444 e. The number of amides is 1. The van der Waals surface area contributed by atoms with Crippen LogP contribution in [0.4, 0.5) is 13.6 Å². The molecule has 0 spiro atoms. The summed E-state index contributed by atoms with van der Waals surface area (Å²) in [5.74, 6) is 0. The monoisotopic (exact) mass is 265 g/mol. The highest BCUT2D eigenvalue weighted by Gasteiger charge is 2.27. The van der Waals surface area contributed by atoms with Crippen LogP contribution in [0.2, 0.25) is 0 Å². The van der Waals surface area contributed by atoms with E-state index in [-0.39, 0.29) is 6.54 Å². The average molecular weight is 265 g/mol. The van der Waals surface area contributed by atoms with Crippen molar-refractivity contribution >= 4 is 6.09 Å². The minimum atomic E-state index is -2.80. The Labute approximate surface area is 106 Å². The van der Waals surface area contributed by atoms with Crippen LogP contribution in [-0.4, -0.2) is 42.4 Å². The van der Waals surface area contributed by atoms with Gasteiger partial charge in [-0.25, -0.2) is 4.79 Å². The molecule has 1 saturated heterocycles. The van der Waals surface area contributed by atoms with Crippen molar-refractivity contribution in [2.24, 2.45) is 0 Å². The first kappa shape index (κ1) is 15.1. The Morgan fingerprint density at radius 3 is 2.56 bits per heavy atom. The quantitative estimate of drug-likeness (QED) is 0.770. The first-order valence-corrected chi connectivity index (χ1v) is 6.19. The van der Waals surface area contributed by atoms with Crippen molar-refractivity contribution in [1.29, 1.82) is 0 Å². The van der Waals surface area contributed by atoms with Crippen LogP contribution in [0.25, 0.3) is 0 Å². The van der Waals surface area contributed by atoms with Crippen LogP contribution in [0.15, 0.2) is 0 Å². The Morgan fingerprint density at radius 2 is 2.00 bits per heavy atom. The lowest BCUT2D eigenvalue weighted by molar-refractivity contribution is -0.166. The normalized spacial score (nSPS) is 21.9. The maximum atomic E-state index is 12.2. The SMILES string of the molecule is CC(C)(C)OC(=O)N1CCCCC(OC(F)F)C1. The van der Waals surface area contributed by atoms with E-state index in [2.05, 4.69) is 4.74 Å². The molecule has 1 amide bonds. The molecular weight excluding hydrogens is 244 g/mol. The van der Waals surface area contributed by atoms with Crippen molar-refractivity contribution in [2.75, 3.05) is 13.1 Å². The summed E-state index contributed by atoms with van der Waals surface area (Å²) in [6.07, 6.45) is 1.02. The molecule has 0 aromatic rings. The molecule has 1 unspecified atom stereocenters. The zero-order valence-corrected chi connectivity index (χ0v) is 11.1. The molecular formula is C12H21F2NO3. The molecule has 0 saturated carbocycles. The lowest BCUT2D eigenvalue weighted by atomic mass is 10.2. The van der Waals surface area contributed by atoms with Crippen LogP contribution in [0.5, 0.6) is 0 Å². The van der Waals surface area contributed by atoms with Gasteiger partial charge in [-0.15, -0.1) is 0 Å². The van der Waals surface area contributed by atoms with Crippen LogP contribution < -0.4 is 0 Å². The van der Waals surface area contributed by atoms with E-state index in [9.17, 15) is 13.6 Å². The van der Waals surface area contributed by atoms with Crippen LogP contribution in [0.3, 0.4) is 0 Å². The molecule has 1 atom stereocenters. The van der Waals surface area contributed by atoms with Crippen molar-refractivity contribution in [2.45, 2.75) is 58.4 Å². The Bertz CT molecular complexity index is 279. The number of halogens is 2. The van der Waals surface area contributed by atoms with Crippen molar-refractivity contribution in [3.05, 3.63) is 0 Å². The fourth-order valence-electron chi connectivity index (χ4n) is 1.85. The molecule has 0 radical (unpaired) electrons. The molecule has 106 valence electrons. The Morgan fingerprint density at radius 1 is 1.33 bits per heavy atom. The van der Waals surface area contributed by atoms with E-state index in [0.29, 0.717) is 13.0 Å². The average Bonchev–Trinajstić information content (AvgIpc) is 2.39. The number of nitrogens with zero attached hydrogens (tertiary/aromatic N) is 1. The molecule has 6 heteroatoms. The fourth-order valence-corrected chi connectivity index (χ4v) is 1.85. The van der Waals surface area contributed by atoms with Gasteiger partial charge in [0.25, 0.3) is 0 Å².